The number of halogens is 1. The van der Waals surface area contributed by atoms with E-state index in [0.717, 1.165) is 0 Å². The van der Waals surface area contributed by atoms with Gasteiger partial charge in [-0.05, 0) is 42.5 Å². The van der Waals surface area contributed by atoms with Crippen LogP contribution in [-0.4, -0.2) is 11.8 Å². The van der Waals surface area contributed by atoms with E-state index in [1.165, 1.54) is 6.07 Å². The molecule has 0 spiro atoms. The van der Waals surface area contributed by atoms with Gasteiger partial charge in [-0.25, -0.2) is 0 Å². The van der Waals surface area contributed by atoms with Crippen LogP contribution >= 0.6 is 11.6 Å². The highest BCUT2D eigenvalue weighted by Crippen LogP contribution is 2.09. The molecule has 0 aliphatic carbocycles. The van der Waals surface area contributed by atoms with Crippen molar-refractivity contribution in [3.8, 4) is 6.07 Å². The third-order valence-electron chi connectivity index (χ3n) is 2.65. The largest absolute Gasteiger partial charge is 0.269 e. The molecule has 2 aromatic rings. The first-order valence-electron chi connectivity index (χ1n) is 5.96. The van der Waals surface area contributed by atoms with Crippen molar-refractivity contribution < 1.29 is 9.59 Å². The van der Waals surface area contributed by atoms with Crippen molar-refractivity contribution in [3.63, 3.8) is 0 Å². The van der Waals surface area contributed by atoms with Gasteiger partial charge in [-0.2, -0.15) is 5.26 Å². The van der Waals surface area contributed by atoms with Crippen molar-refractivity contribution in [1.29, 1.82) is 5.26 Å². The molecule has 21 heavy (non-hydrogen) atoms. The molecule has 0 bridgehead atoms. The van der Waals surface area contributed by atoms with E-state index in [1.807, 2.05) is 6.07 Å². The van der Waals surface area contributed by atoms with E-state index >= 15 is 0 Å². The summed E-state index contributed by atoms with van der Waals surface area (Å²) >= 11 is 5.72. The van der Waals surface area contributed by atoms with Gasteiger partial charge in [-0.1, -0.05) is 17.7 Å². The van der Waals surface area contributed by atoms with Crippen LogP contribution < -0.4 is 10.9 Å². The Bertz CT molecular complexity index is 720. The molecule has 0 aromatic heterocycles. The highest BCUT2D eigenvalue weighted by molar-refractivity contribution is 6.30. The zero-order valence-electron chi connectivity index (χ0n) is 10.8. The molecule has 104 valence electrons. The van der Waals surface area contributed by atoms with Crippen molar-refractivity contribution in [2.24, 2.45) is 0 Å². The van der Waals surface area contributed by atoms with Crippen LogP contribution in [0.3, 0.4) is 0 Å². The summed E-state index contributed by atoms with van der Waals surface area (Å²) in [6, 6.07) is 14.3. The Labute approximate surface area is 126 Å². The first-order chi connectivity index (χ1) is 10.1. The standard InChI is InChI=1S/C15H10ClN3O2/c16-13-6-4-11(5-7-13)14(20)18-19-15(21)12-3-1-2-10(8-12)9-17/h1-8H,(H,18,20)(H,19,21). The second kappa shape index (κ2) is 6.55. The van der Waals surface area contributed by atoms with Gasteiger partial charge in [-0.15, -0.1) is 0 Å². The third-order valence-corrected chi connectivity index (χ3v) is 2.90. The predicted molar refractivity (Wildman–Crippen MR) is 77.5 cm³/mol. The summed E-state index contributed by atoms with van der Waals surface area (Å²) in [6.45, 7) is 0. The molecular weight excluding hydrogens is 290 g/mol. The van der Waals surface area contributed by atoms with Crippen molar-refractivity contribution in [1.82, 2.24) is 10.9 Å². The number of carbonyl (C=O) groups excluding carboxylic acids is 2. The predicted octanol–water partition coefficient (Wildman–Crippen LogP) is 2.29. The number of hydrazine groups is 1. The van der Waals surface area contributed by atoms with Gasteiger partial charge >= 0.3 is 0 Å². The Morgan fingerprint density at radius 2 is 1.57 bits per heavy atom. The van der Waals surface area contributed by atoms with E-state index in [4.69, 9.17) is 16.9 Å². The minimum Gasteiger partial charge on any atom is -0.267 e. The Balaban J connectivity index is 1.99. The fraction of sp³-hybridized carbons (Fsp3) is 0. The summed E-state index contributed by atoms with van der Waals surface area (Å²) in [5.41, 5.74) is 5.59. The van der Waals surface area contributed by atoms with Crippen LogP contribution in [0.25, 0.3) is 0 Å². The van der Waals surface area contributed by atoms with E-state index in [0.29, 0.717) is 16.1 Å². The van der Waals surface area contributed by atoms with Crippen LogP contribution in [0.4, 0.5) is 0 Å². The van der Waals surface area contributed by atoms with Crippen LogP contribution in [0.5, 0.6) is 0 Å². The third kappa shape index (κ3) is 3.81. The van der Waals surface area contributed by atoms with Crippen LogP contribution in [0.15, 0.2) is 48.5 Å². The molecule has 0 aliphatic rings. The van der Waals surface area contributed by atoms with E-state index in [2.05, 4.69) is 10.9 Å². The van der Waals surface area contributed by atoms with Gasteiger partial charge in [0, 0.05) is 16.1 Å². The number of amides is 2. The molecule has 2 amide bonds. The van der Waals surface area contributed by atoms with Gasteiger partial charge in [0.2, 0.25) is 0 Å². The molecular formula is C15H10ClN3O2. The summed E-state index contributed by atoms with van der Waals surface area (Å²) in [7, 11) is 0. The molecule has 0 aliphatic heterocycles. The minimum atomic E-state index is -0.505. The van der Waals surface area contributed by atoms with Gasteiger partial charge in [0.1, 0.15) is 0 Å². The maximum atomic E-state index is 11.8. The van der Waals surface area contributed by atoms with E-state index in [9.17, 15) is 9.59 Å². The molecule has 2 aromatic carbocycles. The summed E-state index contributed by atoms with van der Waals surface area (Å²) in [5.74, 6) is -0.967. The molecule has 2 N–H and O–H groups in total. The molecule has 0 radical (unpaired) electrons. The SMILES string of the molecule is N#Cc1cccc(C(=O)NNC(=O)c2ccc(Cl)cc2)c1. The van der Waals surface area contributed by atoms with E-state index in [1.54, 1.807) is 42.5 Å². The van der Waals surface area contributed by atoms with Crippen LogP contribution in [0, 0.1) is 11.3 Å². The summed E-state index contributed by atoms with van der Waals surface area (Å²) < 4.78 is 0. The first kappa shape index (κ1) is 14.6. The van der Waals surface area contributed by atoms with Crippen LogP contribution in [0.2, 0.25) is 5.02 Å². The second-order valence-corrected chi connectivity index (χ2v) is 4.54. The molecule has 0 heterocycles. The van der Waals surface area contributed by atoms with Gasteiger partial charge in [0.15, 0.2) is 0 Å². The Morgan fingerprint density at radius 1 is 0.952 bits per heavy atom. The van der Waals surface area contributed by atoms with Crippen LogP contribution in [-0.2, 0) is 0 Å². The number of nitriles is 1. The lowest BCUT2D eigenvalue weighted by Gasteiger charge is -2.07. The zero-order chi connectivity index (χ0) is 15.2. The van der Waals surface area contributed by atoms with Crippen LogP contribution in [0.1, 0.15) is 26.3 Å². The topological polar surface area (TPSA) is 82.0 Å². The lowest BCUT2D eigenvalue weighted by molar-refractivity contribution is 0.0846. The summed E-state index contributed by atoms with van der Waals surface area (Å²) in [4.78, 5) is 23.6. The smallest absolute Gasteiger partial charge is 0.267 e. The number of rotatable bonds is 2. The average Bonchev–Trinajstić information content (AvgIpc) is 2.53. The van der Waals surface area contributed by atoms with Gasteiger partial charge in [-0.3, -0.25) is 20.4 Å². The molecule has 0 saturated heterocycles. The van der Waals surface area contributed by atoms with Gasteiger partial charge in [0.25, 0.3) is 11.8 Å². The quantitative estimate of drug-likeness (QED) is 0.835. The summed E-state index contributed by atoms with van der Waals surface area (Å²) in [6.07, 6.45) is 0. The van der Waals surface area contributed by atoms with Crippen molar-refractivity contribution >= 4 is 23.4 Å². The maximum Gasteiger partial charge on any atom is 0.269 e. The molecule has 2 rings (SSSR count). The fourth-order valence-electron chi connectivity index (χ4n) is 1.59. The highest BCUT2D eigenvalue weighted by Gasteiger charge is 2.09. The van der Waals surface area contributed by atoms with Gasteiger partial charge < -0.3 is 0 Å². The summed E-state index contributed by atoms with van der Waals surface area (Å²) in [5, 5.41) is 9.29. The van der Waals surface area contributed by atoms with E-state index < -0.39 is 11.8 Å². The number of nitrogens with one attached hydrogen (secondary N) is 2. The Kier molecular flexibility index (Phi) is 4.54. The number of benzene rings is 2. The maximum absolute atomic E-state index is 11.8. The van der Waals surface area contributed by atoms with Gasteiger partial charge in [0.05, 0.1) is 11.6 Å². The number of nitrogens with zero attached hydrogens (tertiary/aromatic N) is 1. The highest BCUT2D eigenvalue weighted by atomic mass is 35.5. The minimum absolute atomic E-state index is 0.283. The lowest BCUT2D eigenvalue weighted by atomic mass is 10.1. The molecule has 5 nitrogen and oxygen atoms in total. The molecule has 0 unspecified atom stereocenters. The number of hydrogen-bond donors (Lipinski definition) is 2. The van der Waals surface area contributed by atoms with Crippen molar-refractivity contribution in [2.75, 3.05) is 0 Å². The van der Waals surface area contributed by atoms with Crippen molar-refractivity contribution in [3.05, 3.63) is 70.2 Å². The van der Waals surface area contributed by atoms with E-state index in [-0.39, 0.29) is 5.56 Å². The molecule has 0 fully saturated rings. The molecule has 6 heteroatoms. The number of hydrogen-bond acceptors (Lipinski definition) is 3. The Hall–Kier alpha value is -2.84. The molecule has 0 saturated carbocycles. The normalized spacial score (nSPS) is 9.52. The monoisotopic (exact) mass is 299 g/mol. The first-order valence-corrected chi connectivity index (χ1v) is 6.34. The zero-order valence-corrected chi connectivity index (χ0v) is 11.5. The second-order valence-electron chi connectivity index (χ2n) is 4.11. The Morgan fingerprint density at radius 3 is 2.19 bits per heavy atom. The average molecular weight is 300 g/mol. The molecule has 0 atom stereocenters. The number of carbonyl (C=O) groups is 2. The fourth-order valence-corrected chi connectivity index (χ4v) is 1.72. The van der Waals surface area contributed by atoms with Crippen molar-refractivity contribution in [2.45, 2.75) is 0 Å². The lowest BCUT2D eigenvalue weighted by Crippen LogP contribution is -2.41.